The maximum Gasteiger partial charge on any atom is 0.143 e. The molecule has 0 fully saturated rings. The minimum atomic E-state index is -0.338. The minimum Gasteiger partial charge on any atom is -0.272 e. The molecule has 1 nitrogen and oxygen atoms in total. The zero-order chi connectivity index (χ0) is 7.44. The summed E-state index contributed by atoms with van der Waals surface area (Å²) in [7, 11) is 0. The van der Waals surface area contributed by atoms with Crippen LogP contribution in [0.2, 0.25) is 0 Å². The van der Waals surface area contributed by atoms with Crippen LogP contribution in [0, 0.1) is 0 Å². The number of alkyl halides is 1. The summed E-state index contributed by atoms with van der Waals surface area (Å²) in [6, 6.07) is 0.630. The average Bonchev–Trinajstić information content (AvgIpc) is 1.64. The van der Waals surface area contributed by atoms with Gasteiger partial charge in [-0.3, -0.25) is 4.90 Å². The van der Waals surface area contributed by atoms with E-state index in [2.05, 4.69) is 0 Å². The van der Waals surface area contributed by atoms with Crippen molar-refractivity contribution in [3.8, 4) is 0 Å². The maximum atomic E-state index is 12.1. The first-order chi connectivity index (χ1) is 4.09. The Balaban J connectivity index is 3.68. The van der Waals surface area contributed by atoms with E-state index < -0.39 is 0 Å². The maximum absolute atomic E-state index is 12.1. The first-order valence-electron chi connectivity index (χ1n) is 3.41. The highest BCUT2D eigenvalue weighted by Crippen LogP contribution is 2.03. The lowest BCUT2D eigenvalue weighted by Gasteiger charge is -2.26. The molecule has 0 aliphatic rings. The van der Waals surface area contributed by atoms with E-state index in [-0.39, 0.29) is 6.80 Å². The smallest absolute Gasteiger partial charge is 0.143 e. The zero-order valence-corrected chi connectivity index (χ0v) is 6.69. The predicted molar refractivity (Wildman–Crippen MR) is 38.1 cm³/mol. The van der Waals surface area contributed by atoms with Gasteiger partial charge in [0.1, 0.15) is 6.80 Å². The predicted octanol–water partition coefficient (Wildman–Crippen LogP) is 2.03. The summed E-state index contributed by atoms with van der Waals surface area (Å²) in [5.41, 5.74) is 0. The zero-order valence-electron chi connectivity index (χ0n) is 6.69. The molecule has 0 aromatic heterocycles. The lowest BCUT2D eigenvalue weighted by Crippen LogP contribution is -2.36. The molecule has 0 radical (unpaired) electrons. The summed E-state index contributed by atoms with van der Waals surface area (Å²) < 4.78 is 12.1. The highest BCUT2D eigenvalue weighted by Gasteiger charge is 2.11. The molecule has 0 N–H and O–H groups in total. The summed E-state index contributed by atoms with van der Waals surface area (Å²) >= 11 is 0. The van der Waals surface area contributed by atoms with E-state index in [0.717, 1.165) is 0 Å². The Morgan fingerprint density at radius 3 is 1.44 bits per heavy atom. The van der Waals surface area contributed by atoms with E-state index in [1.807, 2.05) is 27.7 Å². The van der Waals surface area contributed by atoms with E-state index in [0.29, 0.717) is 12.1 Å². The van der Waals surface area contributed by atoms with Gasteiger partial charge in [-0.05, 0) is 27.7 Å². The van der Waals surface area contributed by atoms with Crippen molar-refractivity contribution < 1.29 is 4.39 Å². The Bertz CT molecular complexity index is 63.3. The molecule has 0 unspecified atom stereocenters. The lowest BCUT2D eigenvalue weighted by molar-refractivity contribution is 0.111. The van der Waals surface area contributed by atoms with Crippen LogP contribution in [-0.2, 0) is 0 Å². The monoisotopic (exact) mass is 133 g/mol. The standard InChI is InChI=1S/C7H16FN/c1-6(2)9(5-8)7(3)4/h6-7H,5H2,1-4H3. The van der Waals surface area contributed by atoms with Gasteiger partial charge in [-0.1, -0.05) is 0 Å². The molecule has 0 aliphatic heterocycles. The SMILES string of the molecule is CC(C)N(CF)C(C)C. The molecule has 0 saturated heterocycles. The fraction of sp³-hybridized carbons (Fsp3) is 1.00. The minimum absolute atomic E-state index is 0.315. The average molecular weight is 133 g/mol. The Morgan fingerprint density at radius 2 is 1.44 bits per heavy atom. The van der Waals surface area contributed by atoms with Crippen LogP contribution in [0.25, 0.3) is 0 Å². The summed E-state index contributed by atoms with van der Waals surface area (Å²) in [5, 5.41) is 0. The molecule has 0 amide bonds. The van der Waals surface area contributed by atoms with Crippen molar-refractivity contribution in [2.75, 3.05) is 6.80 Å². The Hall–Kier alpha value is -0.110. The third-order valence-corrected chi connectivity index (χ3v) is 1.46. The van der Waals surface area contributed by atoms with Gasteiger partial charge in [-0.25, -0.2) is 4.39 Å². The van der Waals surface area contributed by atoms with Crippen LogP contribution in [0.4, 0.5) is 4.39 Å². The number of halogens is 1. The van der Waals surface area contributed by atoms with E-state index >= 15 is 0 Å². The van der Waals surface area contributed by atoms with Gasteiger partial charge in [0, 0.05) is 12.1 Å². The quantitative estimate of drug-likeness (QED) is 0.532. The molecular weight excluding hydrogens is 117 g/mol. The normalized spacial score (nSPS) is 12.0. The molecule has 0 atom stereocenters. The van der Waals surface area contributed by atoms with Gasteiger partial charge in [0.25, 0.3) is 0 Å². The van der Waals surface area contributed by atoms with Gasteiger partial charge in [0.05, 0.1) is 0 Å². The van der Waals surface area contributed by atoms with Gasteiger partial charge < -0.3 is 0 Å². The van der Waals surface area contributed by atoms with Gasteiger partial charge in [-0.2, -0.15) is 0 Å². The first kappa shape index (κ1) is 8.89. The van der Waals surface area contributed by atoms with Crippen molar-refractivity contribution in [2.45, 2.75) is 39.8 Å². The van der Waals surface area contributed by atoms with Crippen LogP contribution < -0.4 is 0 Å². The number of nitrogens with zero attached hydrogens (tertiary/aromatic N) is 1. The molecule has 0 saturated carbocycles. The fourth-order valence-corrected chi connectivity index (χ4v) is 0.872. The van der Waals surface area contributed by atoms with Crippen LogP contribution in [0.3, 0.4) is 0 Å². The molecule has 0 aromatic rings. The molecule has 0 aliphatic carbocycles. The van der Waals surface area contributed by atoms with E-state index in [1.54, 1.807) is 4.90 Å². The Kier molecular flexibility index (Phi) is 3.78. The van der Waals surface area contributed by atoms with E-state index in [9.17, 15) is 4.39 Å². The lowest BCUT2D eigenvalue weighted by atomic mass is 10.2. The van der Waals surface area contributed by atoms with Crippen LogP contribution in [-0.4, -0.2) is 23.8 Å². The Labute approximate surface area is 56.9 Å². The molecule has 9 heavy (non-hydrogen) atoms. The third kappa shape index (κ3) is 2.80. The first-order valence-corrected chi connectivity index (χ1v) is 3.41. The fourth-order valence-electron chi connectivity index (χ4n) is 0.872. The van der Waals surface area contributed by atoms with Crippen molar-refractivity contribution in [2.24, 2.45) is 0 Å². The van der Waals surface area contributed by atoms with Crippen molar-refractivity contribution in [3.05, 3.63) is 0 Å². The molecule has 0 spiro atoms. The summed E-state index contributed by atoms with van der Waals surface area (Å²) in [4.78, 5) is 1.79. The van der Waals surface area contributed by atoms with Crippen molar-refractivity contribution in [3.63, 3.8) is 0 Å². The number of hydrogen-bond acceptors (Lipinski definition) is 1. The van der Waals surface area contributed by atoms with Crippen LogP contribution in [0.1, 0.15) is 27.7 Å². The molecule has 0 heterocycles. The number of rotatable bonds is 3. The highest BCUT2D eigenvalue weighted by molar-refractivity contribution is 4.62. The van der Waals surface area contributed by atoms with Crippen molar-refractivity contribution >= 4 is 0 Å². The molecule has 0 bridgehead atoms. The second-order valence-corrected chi connectivity index (χ2v) is 2.82. The summed E-state index contributed by atoms with van der Waals surface area (Å²) in [6.07, 6.45) is 0. The highest BCUT2D eigenvalue weighted by atomic mass is 19.1. The molecule has 56 valence electrons. The second-order valence-electron chi connectivity index (χ2n) is 2.82. The second kappa shape index (κ2) is 3.83. The molecule has 2 heteroatoms. The van der Waals surface area contributed by atoms with Crippen molar-refractivity contribution in [1.82, 2.24) is 4.90 Å². The third-order valence-electron chi connectivity index (χ3n) is 1.46. The molecule has 0 rings (SSSR count). The van der Waals surface area contributed by atoms with Crippen molar-refractivity contribution in [1.29, 1.82) is 0 Å². The van der Waals surface area contributed by atoms with Gasteiger partial charge >= 0.3 is 0 Å². The van der Waals surface area contributed by atoms with E-state index in [4.69, 9.17) is 0 Å². The largest absolute Gasteiger partial charge is 0.272 e. The molecule has 0 aromatic carbocycles. The van der Waals surface area contributed by atoms with Gasteiger partial charge in [0.15, 0.2) is 0 Å². The molecular formula is C7H16FN. The van der Waals surface area contributed by atoms with Crippen LogP contribution >= 0.6 is 0 Å². The van der Waals surface area contributed by atoms with Gasteiger partial charge in [-0.15, -0.1) is 0 Å². The summed E-state index contributed by atoms with van der Waals surface area (Å²) in [6.45, 7) is 7.66. The van der Waals surface area contributed by atoms with Crippen LogP contribution in [0.5, 0.6) is 0 Å². The van der Waals surface area contributed by atoms with Crippen LogP contribution in [0.15, 0.2) is 0 Å². The topological polar surface area (TPSA) is 3.24 Å². The van der Waals surface area contributed by atoms with E-state index in [1.165, 1.54) is 0 Å². The Morgan fingerprint density at radius 1 is 1.11 bits per heavy atom. The number of hydrogen-bond donors (Lipinski definition) is 0. The summed E-state index contributed by atoms with van der Waals surface area (Å²) in [5.74, 6) is 0. The van der Waals surface area contributed by atoms with Gasteiger partial charge in [0.2, 0.25) is 0 Å².